The number of carboxylic acids is 1. The van der Waals surface area contributed by atoms with Crippen LogP contribution in [0.4, 0.5) is 11.4 Å². The van der Waals surface area contributed by atoms with E-state index in [-0.39, 0.29) is 6.42 Å². The number of rotatable bonds is 7. The first-order valence-corrected chi connectivity index (χ1v) is 7.64. The number of anilines is 1. The van der Waals surface area contributed by atoms with Gasteiger partial charge < -0.3 is 21.3 Å². The molecule has 0 aliphatic heterocycles. The van der Waals surface area contributed by atoms with Crippen LogP contribution in [0.15, 0.2) is 17.0 Å². The molecule has 13 heteroatoms. The summed E-state index contributed by atoms with van der Waals surface area (Å²) in [5.41, 5.74) is 3.52. The maximum atomic E-state index is 11.7. The molecule has 1 rings (SSSR count). The van der Waals surface area contributed by atoms with Gasteiger partial charge in [-0.25, -0.2) is 0 Å². The van der Waals surface area contributed by atoms with Crippen LogP contribution in [0.25, 0.3) is 0 Å². The molecular formula is C11H13N3O9S. The van der Waals surface area contributed by atoms with Crippen molar-refractivity contribution in [2.24, 2.45) is 5.73 Å². The third-order valence-corrected chi connectivity index (χ3v) is 3.66. The molecule has 6 N–H and O–H groups in total. The van der Waals surface area contributed by atoms with Crippen LogP contribution in [0.5, 0.6) is 5.75 Å². The summed E-state index contributed by atoms with van der Waals surface area (Å²) in [6.45, 7) is 0. The van der Waals surface area contributed by atoms with E-state index in [1.165, 1.54) is 0 Å². The van der Waals surface area contributed by atoms with Gasteiger partial charge in [0.2, 0.25) is 11.7 Å². The van der Waals surface area contributed by atoms with E-state index in [0.717, 1.165) is 0 Å². The molecule has 0 aliphatic rings. The molecule has 1 unspecified atom stereocenters. The summed E-state index contributed by atoms with van der Waals surface area (Å²) in [6.07, 6.45) is -0.668. The number of phenolic OH excluding ortho intramolecular Hbond substituents is 1. The second-order valence-electron chi connectivity index (χ2n) is 4.60. The highest BCUT2D eigenvalue weighted by atomic mass is 32.2. The lowest BCUT2D eigenvalue weighted by molar-refractivity contribution is -0.386. The predicted molar refractivity (Wildman–Crippen MR) is 78.1 cm³/mol. The van der Waals surface area contributed by atoms with Gasteiger partial charge in [0.25, 0.3) is 10.1 Å². The number of amides is 1. The number of aromatic hydroxyl groups is 1. The monoisotopic (exact) mass is 363 g/mol. The Hall–Kier alpha value is -2.77. The van der Waals surface area contributed by atoms with Gasteiger partial charge in [0, 0.05) is 12.5 Å². The number of nitrogens with zero attached hydrogens (tertiary/aromatic N) is 1. The lowest BCUT2D eigenvalue weighted by Gasteiger charge is -2.10. The molecule has 0 radical (unpaired) electrons. The van der Waals surface area contributed by atoms with E-state index >= 15 is 0 Å². The second-order valence-corrected chi connectivity index (χ2v) is 6.02. The molecular weight excluding hydrogens is 350 g/mol. The summed E-state index contributed by atoms with van der Waals surface area (Å²) in [5, 5.41) is 31.1. The maximum Gasteiger partial charge on any atom is 0.320 e. The lowest BCUT2D eigenvalue weighted by atomic mass is 10.1. The first kappa shape index (κ1) is 19.3. The normalized spacial score (nSPS) is 12.4. The van der Waals surface area contributed by atoms with Crippen LogP contribution in [0.2, 0.25) is 0 Å². The van der Waals surface area contributed by atoms with E-state index in [2.05, 4.69) is 0 Å². The van der Waals surface area contributed by atoms with E-state index in [9.17, 15) is 33.2 Å². The third kappa shape index (κ3) is 4.87. The van der Waals surface area contributed by atoms with Crippen molar-refractivity contribution in [3.63, 3.8) is 0 Å². The highest BCUT2D eigenvalue weighted by molar-refractivity contribution is 7.85. The van der Waals surface area contributed by atoms with Crippen molar-refractivity contribution in [2.75, 3.05) is 5.32 Å². The molecule has 1 atom stereocenters. The van der Waals surface area contributed by atoms with E-state index in [1.54, 1.807) is 0 Å². The van der Waals surface area contributed by atoms with Crippen LogP contribution < -0.4 is 11.1 Å². The zero-order valence-electron chi connectivity index (χ0n) is 11.9. The minimum atomic E-state index is -4.84. The fraction of sp³-hybridized carbons (Fsp3) is 0.273. The van der Waals surface area contributed by atoms with Crippen molar-refractivity contribution < 1.29 is 37.7 Å². The van der Waals surface area contributed by atoms with Crippen molar-refractivity contribution >= 4 is 33.4 Å². The molecule has 1 aromatic carbocycles. The molecule has 0 aliphatic carbocycles. The lowest BCUT2D eigenvalue weighted by Crippen LogP contribution is -2.31. The number of nitrogens with two attached hydrogens (primary N) is 1. The molecule has 24 heavy (non-hydrogen) atoms. The number of phenols is 1. The number of hydrogen-bond donors (Lipinski definition) is 5. The predicted octanol–water partition coefficient (Wildman–Crippen LogP) is -0.322. The van der Waals surface area contributed by atoms with Crippen LogP contribution in [-0.2, 0) is 19.7 Å². The number of carbonyl (C=O) groups excluding carboxylic acids is 1. The fourth-order valence-corrected chi connectivity index (χ4v) is 2.13. The van der Waals surface area contributed by atoms with E-state index < -0.39 is 61.4 Å². The Balaban J connectivity index is 3.10. The largest absolute Gasteiger partial charge is 0.501 e. The number of nitro benzene ring substituents is 1. The molecule has 1 amide bonds. The first-order valence-electron chi connectivity index (χ1n) is 6.20. The minimum Gasteiger partial charge on any atom is -0.501 e. The quantitative estimate of drug-likeness (QED) is 0.184. The van der Waals surface area contributed by atoms with Gasteiger partial charge in [-0.1, -0.05) is 0 Å². The van der Waals surface area contributed by atoms with Crippen molar-refractivity contribution in [3.8, 4) is 5.75 Å². The third-order valence-electron chi connectivity index (χ3n) is 2.83. The van der Waals surface area contributed by atoms with Gasteiger partial charge in [-0.15, -0.1) is 0 Å². The standard InChI is InChI=1S/C11H13N3O9S/c12-6(11(17)18)1-2-9(15)13-7-3-5(24(21,22)23)4-8(10(7)16)14(19)20/h3-4,6,16H,1-2,12H2,(H,13,15)(H,17,18)(H,21,22,23). The van der Waals surface area contributed by atoms with Gasteiger partial charge in [-0.05, 0) is 12.5 Å². The van der Waals surface area contributed by atoms with Gasteiger partial charge in [0.15, 0.2) is 0 Å². The molecule has 0 spiro atoms. The number of nitrogens with one attached hydrogen (secondary N) is 1. The molecule has 0 saturated heterocycles. The molecule has 1 aromatic rings. The Morgan fingerprint density at radius 3 is 2.42 bits per heavy atom. The summed E-state index contributed by atoms with van der Waals surface area (Å²) >= 11 is 0. The number of aliphatic carboxylic acids is 1. The Morgan fingerprint density at radius 2 is 1.96 bits per heavy atom. The van der Waals surface area contributed by atoms with Crippen LogP contribution in [0.1, 0.15) is 12.8 Å². The van der Waals surface area contributed by atoms with Gasteiger partial charge >= 0.3 is 11.7 Å². The average molecular weight is 363 g/mol. The summed E-state index contributed by atoms with van der Waals surface area (Å²) in [5.74, 6) is -3.23. The highest BCUT2D eigenvalue weighted by Gasteiger charge is 2.25. The molecule has 0 fully saturated rings. The molecule has 132 valence electrons. The molecule has 12 nitrogen and oxygen atoms in total. The highest BCUT2D eigenvalue weighted by Crippen LogP contribution is 2.36. The summed E-state index contributed by atoms with van der Waals surface area (Å²) in [7, 11) is -4.84. The molecule has 0 aromatic heterocycles. The van der Waals surface area contributed by atoms with Crippen LogP contribution in [0, 0.1) is 10.1 Å². The van der Waals surface area contributed by atoms with E-state index in [1.807, 2.05) is 5.32 Å². The van der Waals surface area contributed by atoms with Gasteiger partial charge in [-0.3, -0.25) is 24.3 Å². The van der Waals surface area contributed by atoms with Crippen molar-refractivity contribution in [2.45, 2.75) is 23.8 Å². The number of carboxylic acid groups (broad SMARTS) is 1. The molecule has 0 saturated carbocycles. The summed E-state index contributed by atoms with van der Waals surface area (Å²) < 4.78 is 31.2. The van der Waals surface area contributed by atoms with Crippen LogP contribution in [0.3, 0.4) is 0 Å². The fourth-order valence-electron chi connectivity index (χ4n) is 1.60. The Labute approximate surface area is 134 Å². The zero-order chi connectivity index (χ0) is 18.7. The Bertz CT molecular complexity index is 790. The van der Waals surface area contributed by atoms with Crippen molar-refractivity contribution in [1.29, 1.82) is 0 Å². The SMILES string of the molecule is NC(CCC(=O)Nc1cc(S(=O)(=O)O)cc([N+](=O)[O-])c1O)C(=O)O. The average Bonchev–Trinajstić information content (AvgIpc) is 2.45. The smallest absolute Gasteiger partial charge is 0.320 e. The van der Waals surface area contributed by atoms with Gasteiger partial charge in [0.05, 0.1) is 10.6 Å². The topological polar surface area (TPSA) is 210 Å². The van der Waals surface area contributed by atoms with Gasteiger partial charge in [-0.2, -0.15) is 8.42 Å². The van der Waals surface area contributed by atoms with Crippen molar-refractivity contribution in [3.05, 3.63) is 22.2 Å². The minimum absolute atomic E-state index is 0.262. The first-order chi connectivity index (χ1) is 10.9. The molecule has 0 heterocycles. The van der Waals surface area contributed by atoms with Crippen LogP contribution in [-0.4, -0.2) is 46.0 Å². The van der Waals surface area contributed by atoms with Gasteiger partial charge in [0.1, 0.15) is 10.9 Å². The Morgan fingerprint density at radius 1 is 1.38 bits per heavy atom. The zero-order valence-corrected chi connectivity index (χ0v) is 12.7. The van der Waals surface area contributed by atoms with E-state index in [4.69, 9.17) is 15.4 Å². The molecule has 0 bridgehead atoms. The van der Waals surface area contributed by atoms with Crippen molar-refractivity contribution in [1.82, 2.24) is 0 Å². The maximum absolute atomic E-state index is 11.7. The number of nitro groups is 1. The van der Waals surface area contributed by atoms with E-state index in [0.29, 0.717) is 12.1 Å². The summed E-state index contributed by atoms with van der Waals surface area (Å²) in [4.78, 5) is 31.0. The number of carbonyl (C=O) groups is 2. The summed E-state index contributed by atoms with van der Waals surface area (Å²) in [6, 6.07) is -0.282. The number of hydrogen-bond acceptors (Lipinski definition) is 8. The second kappa shape index (κ2) is 7.20. The number of benzene rings is 1. The Kier molecular flexibility index (Phi) is 5.78. The van der Waals surface area contributed by atoms with Crippen LogP contribution >= 0.6 is 0 Å².